The lowest BCUT2D eigenvalue weighted by Crippen LogP contribution is -2.22. The number of benzene rings is 1. The molecule has 1 aromatic heterocycles. The number of aromatic nitrogens is 1. The predicted molar refractivity (Wildman–Crippen MR) is 74.9 cm³/mol. The van der Waals surface area contributed by atoms with E-state index in [1.807, 2.05) is 24.3 Å². The zero-order valence-electron chi connectivity index (χ0n) is 10.8. The molecule has 4 nitrogen and oxygen atoms in total. The van der Waals surface area contributed by atoms with Crippen LogP contribution in [-0.2, 0) is 19.6 Å². The maximum atomic E-state index is 5.79. The van der Waals surface area contributed by atoms with E-state index in [9.17, 15) is 0 Å². The molecule has 0 spiro atoms. The van der Waals surface area contributed by atoms with Gasteiger partial charge in [-0.25, -0.2) is 4.98 Å². The number of hydrogen-bond acceptors (Lipinski definition) is 5. The second-order valence-corrected chi connectivity index (χ2v) is 5.51. The number of ether oxygens (including phenoxy) is 2. The Balaban J connectivity index is 1.70. The zero-order valence-corrected chi connectivity index (χ0v) is 11.6. The van der Waals surface area contributed by atoms with Gasteiger partial charge in [0.15, 0.2) is 11.5 Å². The van der Waals surface area contributed by atoms with Crippen molar-refractivity contribution in [3.8, 4) is 11.5 Å². The van der Waals surface area contributed by atoms with Crippen LogP contribution in [0.25, 0.3) is 0 Å². The van der Waals surface area contributed by atoms with Crippen LogP contribution in [-0.4, -0.2) is 18.6 Å². The minimum absolute atomic E-state index is 0.498. The van der Waals surface area contributed by atoms with E-state index in [0.29, 0.717) is 6.61 Å². The summed E-state index contributed by atoms with van der Waals surface area (Å²) in [7, 11) is 1.65. The normalized spacial score (nSPS) is 13.9. The molecule has 0 radical (unpaired) electrons. The van der Waals surface area contributed by atoms with Gasteiger partial charge >= 0.3 is 0 Å². The molecule has 1 N–H and O–H groups in total. The Morgan fingerprint density at radius 1 is 1.32 bits per heavy atom. The summed E-state index contributed by atoms with van der Waals surface area (Å²) in [6, 6.07) is 7.67. The van der Waals surface area contributed by atoms with Gasteiger partial charge < -0.3 is 14.8 Å². The molecular formula is C14H16N2O2S. The van der Waals surface area contributed by atoms with Crippen LogP contribution in [0.15, 0.2) is 24.3 Å². The number of thiazole rings is 1. The molecule has 3 rings (SSSR count). The molecule has 19 heavy (non-hydrogen) atoms. The molecule has 0 unspecified atom stereocenters. The summed E-state index contributed by atoms with van der Waals surface area (Å²) in [5.74, 6) is 1.52. The second-order valence-electron chi connectivity index (χ2n) is 4.34. The number of para-hydroxylation sites is 2. The third kappa shape index (κ3) is 2.72. The van der Waals surface area contributed by atoms with Gasteiger partial charge in [0.2, 0.25) is 0 Å². The van der Waals surface area contributed by atoms with E-state index in [2.05, 4.69) is 10.3 Å². The van der Waals surface area contributed by atoms with Crippen LogP contribution >= 0.6 is 11.3 Å². The second kappa shape index (κ2) is 5.59. The highest BCUT2D eigenvalue weighted by Gasteiger charge is 2.15. The van der Waals surface area contributed by atoms with Crippen molar-refractivity contribution in [2.75, 3.05) is 13.7 Å². The van der Waals surface area contributed by atoms with Crippen molar-refractivity contribution in [1.29, 1.82) is 0 Å². The van der Waals surface area contributed by atoms with Gasteiger partial charge in [-0.05, 0) is 12.1 Å². The number of rotatable bonds is 4. The SMILES string of the molecule is COc1ccccc1OCc1nc2c(s1)CNCC2. The smallest absolute Gasteiger partial charge is 0.161 e. The van der Waals surface area contributed by atoms with Gasteiger partial charge in [0.05, 0.1) is 12.8 Å². The first kappa shape index (κ1) is 12.4. The van der Waals surface area contributed by atoms with Gasteiger partial charge in [0, 0.05) is 24.4 Å². The van der Waals surface area contributed by atoms with Crippen LogP contribution < -0.4 is 14.8 Å². The predicted octanol–water partition coefficient (Wildman–Crippen LogP) is 2.38. The van der Waals surface area contributed by atoms with Crippen molar-refractivity contribution < 1.29 is 9.47 Å². The molecule has 0 amide bonds. The summed E-state index contributed by atoms with van der Waals surface area (Å²) < 4.78 is 11.1. The Morgan fingerprint density at radius 2 is 2.16 bits per heavy atom. The Kier molecular flexibility index (Phi) is 3.66. The third-order valence-electron chi connectivity index (χ3n) is 3.07. The molecule has 0 saturated carbocycles. The highest BCUT2D eigenvalue weighted by Crippen LogP contribution is 2.28. The molecule has 0 saturated heterocycles. The monoisotopic (exact) mass is 276 g/mol. The molecule has 0 bridgehead atoms. The molecule has 2 heterocycles. The summed E-state index contributed by atoms with van der Waals surface area (Å²) >= 11 is 1.73. The van der Waals surface area contributed by atoms with Gasteiger partial charge in [-0.2, -0.15) is 0 Å². The van der Waals surface area contributed by atoms with Crippen LogP contribution in [0.5, 0.6) is 11.5 Å². The van der Waals surface area contributed by atoms with Crippen molar-refractivity contribution in [1.82, 2.24) is 10.3 Å². The number of hydrogen-bond donors (Lipinski definition) is 1. The lowest BCUT2D eigenvalue weighted by Gasteiger charge is -2.09. The maximum Gasteiger partial charge on any atom is 0.161 e. The minimum Gasteiger partial charge on any atom is -0.493 e. The highest BCUT2D eigenvalue weighted by atomic mass is 32.1. The number of methoxy groups -OCH3 is 1. The summed E-state index contributed by atoms with van der Waals surface area (Å²) in [5, 5.41) is 4.38. The Hall–Kier alpha value is -1.59. The van der Waals surface area contributed by atoms with Gasteiger partial charge in [-0.3, -0.25) is 0 Å². The number of nitrogens with one attached hydrogen (secondary N) is 1. The van der Waals surface area contributed by atoms with Crippen molar-refractivity contribution >= 4 is 11.3 Å². The van der Waals surface area contributed by atoms with E-state index in [1.54, 1.807) is 18.4 Å². The summed E-state index contributed by atoms with van der Waals surface area (Å²) in [5.41, 5.74) is 1.22. The van der Waals surface area contributed by atoms with Gasteiger partial charge in [0.1, 0.15) is 11.6 Å². The summed E-state index contributed by atoms with van der Waals surface area (Å²) in [6.45, 7) is 2.45. The molecule has 1 aliphatic heterocycles. The Labute approximate surface area is 116 Å². The van der Waals surface area contributed by atoms with E-state index in [4.69, 9.17) is 9.47 Å². The number of fused-ring (bicyclic) bond motifs is 1. The van der Waals surface area contributed by atoms with E-state index in [1.165, 1.54) is 10.6 Å². The van der Waals surface area contributed by atoms with Crippen LogP contribution in [0.1, 0.15) is 15.6 Å². The van der Waals surface area contributed by atoms with Crippen molar-refractivity contribution in [3.05, 3.63) is 39.8 Å². The fourth-order valence-corrected chi connectivity index (χ4v) is 3.12. The molecule has 0 aliphatic carbocycles. The molecule has 1 aromatic carbocycles. The maximum absolute atomic E-state index is 5.79. The molecule has 2 aromatic rings. The molecule has 1 aliphatic rings. The highest BCUT2D eigenvalue weighted by molar-refractivity contribution is 7.11. The lowest BCUT2D eigenvalue weighted by molar-refractivity contribution is 0.284. The average molecular weight is 276 g/mol. The van der Waals surface area contributed by atoms with Crippen LogP contribution in [0.3, 0.4) is 0 Å². The topological polar surface area (TPSA) is 43.4 Å². The van der Waals surface area contributed by atoms with Gasteiger partial charge in [0.25, 0.3) is 0 Å². The van der Waals surface area contributed by atoms with Crippen LogP contribution in [0.4, 0.5) is 0 Å². The quantitative estimate of drug-likeness (QED) is 0.931. The van der Waals surface area contributed by atoms with Gasteiger partial charge in [-0.1, -0.05) is 12.1 Å². The minimum atomic E-state index is 0.498. The van der Waals surface area contributed by atoms with Crippen molar-refractivity contribution in [2.45, 2.75) is 19.6 Å². The molecule has 100 valence electrons. The number of nitrogens with zero attached hydrogens (tertiary/aromatic N) is 1. The Morgan fingerprint density at radius 3 is 2.95 bits per heavy atom. The summed E-state index contributed by atoms with van der Waals surface area (Å²) in [4.78, 5) is 5.97. The van der Waals surface area contributed by atoms with E-state index < -0.39 is 0 Å². The fourth-order valence-electron chi connectivity index (χ4n) is 2.12. The van der Waals surface area contributed by atoms with Crippen LogP contribution in [0, 0.1) is 0 Å². The average Bonchev–Trinajstić information content (AvgIpc) is 2.88. The van der Waals surface area contributed by atoms with Crippen molar-refractivity contribution in [2.24, 2.45) is 0 Å². The first-order valence-corrected chi connectivity index (χ1v) is 7.12. The van der Waals surface area contributed by atoms with Crippen molar-refractivity contribution in [3.63, 3.8) is 0 Å². The zero-order chi connectivity index (χ0) is 13.1. The first-order valence-electron chi connectivity index (χ1n) is 6.31. The van der Waals surface area contributed by atoms with Crippen LogP contribution in [0.2, 0.25) is 0 Å². The largest absolute Gasteiger partial charge is 0.493 e. The van der Waals surface area contributed by atoms with E-state index in [-0.39, 0.29) is 0 Å². The van der Waals surface area contributed by atoms with E-state index in [0.717, 1.165) is 36.0 Å². The molecule has 5 heteroatoms. The van der Waals surface area contributed by atoms with Gasteiger partial charge in [-0.15, -0.1) is 11.3 Å². The lowest BCUT2D eigenvalue weighted by atomic mass is 10.2. The fraction of sp³-hybridized carbons (Fsp3) is 0.357. The molecular weight excluding hydrogens is 260 g/mol. The summed E-state index contributed by atoms with van der Waals surface area (Å²) in [6.07, 6.45) is 1.01. The first-order chi connectivity index (χ1) is 9.36. The standard InChI is InChI=1S/C14H16N2O2S/c1-17-11-4-2-3-5-12(11)18-9-14-16-10-6-7-15-8-13(10)19-14/h2-5,15H,6-9H2,1H3. The molecule has 0 fully saturated rings. The molecule has 0 atom stereocenters. The van der Waals surface area contributed by atoms with E-state index >= 15 is 0 Å². The Bertz CT molecular complexity index is 545. The third-order valence-corrected chi connectivity index (χ3v) is 4.14.